The van der Waals surface area contributed by atoms with Gasteiger partial charge in [-0.15, -0.1) is 0 Å². The molecule has 0 spiro atoms. The first kappa shape index (κ1) is 13.9. The summed E-state index contributed by atoms with van der Waals surface area (Å²) in [5.41, 5.74) is 1.37. The molecule has 1 rings (SSSR count). The van der Waals surface area contributed by atoms with Crippen molar-refractivity contribution in [3.8, 4) is 0 Å². The number of benzene rings is 1. The lowest BCUT2D eigenvalue weighted by Gasteiger charge is -2.07. The van der Waals surface area contributed by atoms with Crippen molar-refractivity contribution in [1.82, 2.24) is 0 Å². The lowest BCUT2D eigenvalue weighted by atomic mass is 10.1. The number of Topliss-reactive ketones (excluding diaryl/α,β-unsaturated/α-hetero) is 1. The molecule has 0 saturated heterocycles. The number of carbonyl (C=O) groups excluding carboxylic acids is 2. The third-order valence-corrected chi connectivity index (χ3v) is 3.48. The number of hydrogen-bond acceptors (Lipinski definition) is 2. The van der Waals surface area contributed by atoms with Gasteiger partial charge in [-0.3, -0.25) is 9.59 Å². The maximum atomic E-state index is 11.8. The molecule has 0 saturated carbocycles. The largest absolute Gasteiger partial charge is 0.326 e. The third kappa shape index (κ3) is 3.97. The summed E-state index contributed by atoms with van der Waals surface area (Å²) in [6.07, 6.45) is 1.20. The molecule has 0 aromatic heterocycles. The lowest BCUT2D eigenvalue weighted by molar-refractivity contribution is -0.115. The van der Waals surface area contributed by atoms with E-state index in [0.29, 0.717) is 12.0 Å². The minimum absolute atomic E-state index is 0.0315. The highest BCUT2D eigenvalue weighted by Gasteiger charge is 2.14. The van der Waals surface area contributed by atoms with Crippen LogP contribution in [0.1, 0.15) is 37.0 Å². The average Bonchev–Trinajstić information content (AvgIpc) is 2.37. The fourth-order valence-corrected chi connectivity index (χ4v) is 1.60. The summed E-state index contributed by atoms with van der Waals surface area (Å²) in [6, 6.07) is 6.96. The van der Waals surface area contributed by atoms with Crippen LogP contribution in [0.15, 0.2) is 24.3 Å². The summed E-state index contributed by atoms with van der Waals surface area (Å²) < 4.78 is 0. The Kier molecular flexibility index (Phi) is 5.35. The van der Waals surface area contributed by atoms with Crippen LogP contribution < -0.4 is 5.32 Å². The Bertz CT molecular complexity index is 400. The zero-order valence-electron chi connectivity index (χ0n) is 10.00. The van der Waals surface area contributed by atoms with Crippen molar-refractivity contribution in [1.29, 1.82) is 0 Å². The Morgan fingerprint density at radius 2 is 1.82 bits per heavy atom. The number of hydrogen-bond donors (Lipinski definition) is 1. The van der Waals surface area contributed by atoms with Gasteiger partial charge in [-0.1, -0.05) is 29.8 Å². The maximum absolute atomic E-state index is 11.8. The number of ketones is 1. The third-order valence-electron chi connectivity index (χ3n) is 2.42. The van der Waals surface area contributed by atoms with Crippen molar-refractivity contribution in [3.05, 3.63) is 29.8 Å². The minimum Gasteiger partial charge on any atom is -0.326 e. The number of nitrogens with one attached hydrogen (secondary N) is 1. The van der Waals surface area contributed by atoms with Gasteiger partial charge >= 0.3 is 0 Å². The second kappa shape index (κ2) is 6.55. The molecule has 92 valence electrons. The Balaban J connectivity index is 2.74. The summed E-state index contributed by atoms with van der Waals surface area (Å²) in [5, 5.41) is 2.74. The normalized spacial score (nSPS) is 11.9. The van der Waals surface area contributed by atoms with Crippen molar-refractivity contribution in [2.24, 2.45) is 0 Å². The second-order valence-corrected chi connectivity index (χ2v) is 4.82. The summed E-state index contributed by atoms with van der Waals surface area (Å²) in [6.45, 7) is 3.75. The Morgan fingerprint density at radius 3 is 2.29 bits per heavy atom. The molecule has 1 atom stereocenters. The van der Waals surface area contributed by atoms with Gasteiger partial charge in [0.1, 0.15) is 0 Å². The van der Waals surface area contributed by atoms with E-state index in [1.54, 1.807) is 31.2 Å². The van der Waals surface area contributed by atoms with Crippen LogP contribution in [-0.2, 0) is 4.79 Å². The van der Waals surface area contributed by atoms with Gasteiger partial charge in [0.2, 0.25) is 5.91 Å². The summed E-state index contributed by atoms with van der Waals surface area (Å²) >= 11 is 3.33. The fourth-order valence-electron chi connectivity index (χ4n) is 1.33. The van der Waals surface area contributed by atoms with Crippen LogP contribution in [0.3, 0.4) is 0 Å². The van der Waals surface area contributed by atoms with Gasteiger partial charge in [-0.25, -0.2) is 0 Å². The highest BCUT2D eigenvalue weighted by molar-refractivity contribution is 9.10. The number of halogens is 1. The quantitative estimate of drug-likeness (QED) is 0.669. The van der Waals surface area contributed by atoms with Gasteiger partial charge in [-0.2, -0.15) is 0 Å². The van der Waals surface area contributed by atoms with Crippen molar-refractivity contribution in [3.63, 3.8) is 0 Å². The fraction of sp³-hybridized carbons (Fsp3) is 0.385. The van der Waals surface area contributed by atoms with E-state index in [1.165, 1.54) is 0 Å². The van der Waals surface area contributed by atoms with Gasteiger partial charge in [0.15, 0.2) is 5.78 Å². The number of alkyl halides is 1. The molecule has 0 fully saturated rings. The maximum Gasteiger partial charge on any atom is 0.224 e. The molecule has 0 aliphatic rings. The van der Waals surface area contributed by atoms with Crippen LogP contribution in [0.2, 0.25) is 0 Å². The molecule has 0 aliphatic carbocycles. The van der Waals surface area contributed by atoms with Gasteiger partial charge in [0, 0.05) is 17.7 Å². The van der Waals surface area contributed by atoms with E-state index in [-0.39, 0.29) is 16.5 Å². The molecule has 1 aromatic rings. The molecule has 4 heteroatoms. The number of carbonyl (C=O) groups is 2. The van der Waals surface area contributed by atoms with Crippen molar-refractivity contribution in [2.45, 2.75) is 31.5 Å². The van der Waals surface area contributed by atoms with Crippen LogP contribution in [0.25, 0.3) is 0 Å². The Morgan fingerprint density at radius 1 is 1.24 bits per heavy atom. The topological polar surface area (TPSA) is 46.2 Å². The lowest BCUT2D eigenvalue weighted by Crippen LogP contribution is -2.13. The van der Waals surface area contributed by atoms with Crippen molar-refractivity contribution in [2.75, 3.05) is 5.32 Å². The number of rotatable bonds is 5. The van der Waals surface area contributed by atoms with Gasteiger partial charge < -0.3 is 5.32 Å². The van der Waals surface area contributed by atoms with E-state index in [4.69, 9.17) is 0 Å². The Labute approximate surface area is 110 Å². The van der Waals surface area contributed by atoms with Gasteiger partial charge in [0.25, 0.3) is 0 Å². The first-order chi connectivity index (χ1) is 8.08. The highest BCUT2D eigenvalue weighted by Crippen LogP contribution is 2.16. The summed E-state index contributed by atoms with van der Waals surface area (Å²) in [5.74, 6) is 0.0388. The van der Waals surface area contributed by atoms with E-state index >= 15 is 0 Å². The smallest absolute Gasteiger partial charge is 0.224 e. The van der Waals surface area contributed by atoms with Crippen LogP contribution in [0.4, 0.5) is 5.69 Å². The molecule has 0 bridgehead atoms. The molecule has 17 heavy (non-hydrogen) atoms. The molecule has 1 amide bonds. The van der Waals surface area contributed by atoms with Crippen LogP contribution in [0.5, 0.6) is 0 Å². The van der Waals surface area contributed by atoms with Crippen molar-refractivity contribution >= 4 is 33.3 Å². The standard InChI is InChI=1S/C13H16BrNO2/c1-3-11(14)13(17)9-5-7-10(8-6-9)15-12(16)4-2/h5-8,11H,3-4H2,1-2H3,(H,15,16). The van der Waals surface area contributed by atoms with Gasteiger partial charge in [0.05, 0.1) is 4.83 Å². The molecule has 0 aliphatic heterocycles. The zero-order chi connectivity index (χ0) is 12.8. The molecular formula is C13H16BrNO2. The number of anilines is 1. The SMILES string of the molecule is CCC(=O)Nc1ccc(C(=O)C(Br)CC)cc1. The molecule has 3 nitrogen and oxygen atoms in total. The summed E-state index contributed by atoms with van der Waals surface area (Å²) in [4.78, 5) is 22.9. The van der Waals surface area contributed by atoms with Crippen LogP contribution in [-0.4, -0.2) is 16.5 Å². The minimum atomic E-state index is -0.140. The predicted octanol–water partition coefficient (Wildman–Crippen LogP) is 3.39. The first-order valence-corrected chi connectivity index (χ1v) is 6.58. The summed E-state index contributed by atoms with van der Waals surface area (Å²) in [7, 11) is 0. The molecular weight excluding hydrogens is 282 g/mol. The average molecular weight is 298 g/mol. The molecule has 0 heterocycles. The molecule has 0 radical (unpaired) electrons. The zero-order valence-corrected chi connectivity index (χ0v) is 11.6. The van der Waals surface area contributed by atoms with Crippen molar-refractivity contribution < 1.29 is 9.59 Å². The van der Waals surface area contributed by atoms with E-state index in [9.17, 15) is 9.59 Å². The van der Waals surface area contributed by atoms with Gasteiger partial charge in [-0.05, 0) is 30.7 Å². The highest BCUT2D eigenvalue weighted by atomic mass is 79.9. The first-order valence-electron chi connectivity index (χ1n) is 5.66. The molecule has 1 unspecified atom stereocenters. The van der Waals surface area contributed by atoms with E-state index in [2.05, 4.69) is 21.2 Å². The van der Waals surface area contributed by atoms with Crippen LogP contribution in [0, 0.1) is 0 Å². The van der Waals surface area contributed by atoms with E-state index in [1.807, 2.05) is 6.92 Å². The van der Waals surface area contributed by atoms with Crippen LogP contribution >= 0.6 is 15.9 Å². The van der Waals surface area contributed by atoms with E-state index in [0.717, 1.165) is 12.1 Å². The predicted molar refractivity (Wildman–Crippen MR) is 72.7 cm³/mol. The molecule has 1 aromatic carbocycles. The van der Waals surface area contributed by atoms with E-state index < -0.39 is 0 Å². The number of amides is 1. The second-order valence-electron chi connectivity index (χ2n) is 3.72. The monoisotopic (exact) mass is 297 g/mol. The Hall–Kier alpha value is -1.16. The molecule has 1 N–H and O–H groups in total.